The van der Waals surface area contributed by atoms with Crippen molar-refractivity contribution in [3.63, 3.8) is 0 Å². The second kappa shape index (κ2) is 7.96. The van der Waals surface area contributed by atoms with Gasteiger partial charge in [-0.1, -0.05) is 6.07 Å². The Balaban J connectivity index is 1.66. The number of benzene rings is 1. The molecule has 0 spiro atoms. The Morgan fingerprint density at radius 2 is 2.04 bits per heavy atom. The van der Waals surface area contributed by atoms with E-state index < -0.39 is 0 Å². The van der Waals surface area contributed by atoms with Crippen molar-refractivity contribution in [2.75, 3.05) is 52.5 Å². The molecular formula is C18H26N2O4. The minimum atomic E-state index is -0.120. The van der Waals surface area contributed by atoms with E-state index in [1.165, 1.54) is 0 Å². The highest BCUT2D eigenvalue weighted by Crippen LogP contribution is 2.21. The number of amides is 1. The molecule has 1 aromatic rings. The number of rotatable bonds is 3. The molecule has 2 aliphatic heterocycles. The fourth-order valence-electron chi connectivity index (χ4n) is 3.25. The van der Waals surface area contributed by atoms with Crippen LogP contribution in [-0.2, 0) is 9.47 Å². The first kappa shape index (κ1) is 17.2. The molecule has 24 heavy (non-hydrogen) atoms. The van der Waals surface area contributed by atoms with Gasteiger partial charge in [0, 0.05) is 39.3 Å². The number of carbonyl (C=O) groups is 1. The first-order valence-electron chi connectivity index (χ1n) is 8.64. The van der Waals surface area contributed by atoms with E-state index in [1.54, 1.807) is 12.1 Å². The molecule has 0 saturated carbocycles. The summed E-state index contributed by atoms with van der Waals surface area (Å²) in [7, 11) is 0. The fourth-order valence-corrected chi connectivity index (χ4v) is 3.25. The predicted octanol–water partition coefficient (Wildman–Crippen LogP) is 1.26. The quantitative estimate of drug-likeness (QED) is 0.902. The van der Waals surface area contributed by atoms with Crippen LogP contribution in [0.15, 0.2) is 18.2 Å². The predicted molar refractivity (Wildman–Crippen MR) is 90.4 cm³/mol. The van der Waals surface area contributed by atoms with E-state index in [2.05, 4.69) is 4.90 Å². The Labute approximate surface area is 143 Å². The SMILES string of the molecule is Cc1ccc(C(=O)N2CCCO[C@@H](CN3CCOCC3)C2)c(O)c1. The van der Waals surface area contributed by atoms with Crippen LogP contribution >= 0.6 is 0 Å². The zero-order chi connectivity index (χ0) is 16.9. The van der Waals surface area contributed by atoms with Crippen molar-refractivity contribution in [2.24, 2.45) is 0 Å². The third-order valence-electron chi connectivity index (χ3n) is 4.59. The fraction of sp³-hybridized carbons (Fsp3) is 0.611. The molecule has 1 N–H and O–H groups in total. The van der Waals surface area contributed by atoms with Crippen LogP contribution in [0, 0.1) is 6.92 Å². The van der Waals surface area contributed by atoms with Crippen molar-refractivity contribution in [3.8, 4) is 5.75 Å². The third kappa shape index (κ3) is 4.26. The molecular weight excluding hydrogens is 308 g/mol. The lowest BCUT2D eigenvalue weighted by molar-refractivity contribution is -0.0112. The summed E-state index contributed by atoms with van der Waals surface area (Å²) >= 11 is 0. The molecule has 1 aromatic carbocycles. The molecule has 0 aromatic heterocycles. The number of ether oxygens (including phenoxy) is 2. The minimum Gasteiger partial charge on any atom is -0.507 e. The van der Waals surface area contributed by atoms with Crippen LogP contribution in [0.1, 0.15) is 22.3 Å². The second-order valence-electron chi connectivity index (χ2n) is 6.53. The highest BCUT2D eigenvalue weighted by molar-refractivity contribution is 5.97. The summed E-state index contributed by atoms with van der Waals surface area (Å²) < 4.78 is 11.3. The lowest BCUT2D eigenvalue weighted by Crippen LogP contribution is -2.45. The van der Waals surface area contributed by atoms with Crippen LogP contribution in [-0.4, -0.2) is 79.5 Å². The van der Waals surface area contributed by atoms with Crippen molar-refractivity contribution >= 4 is 5.91 Å². The number of aromatic hydroxyl groups is 1. The number of hydrogen-bond donors (Lipinski definition) is 1. The van der Waals surface area contributed by atoms with Gasteiger partial charge >= 0.3 is 0 Å². The number of phenols is 1. The van der Waals surface area contributed by atoms with E-state index in [9.17, 15) is 9.90 Å². The standard InChI is InChI=1S/C18H26N2O4/c1-14-3-4-16(17(21)11-14)18(22)20-5-2-8-24-15(13-20)12-19-6-9-23-10-7-19/h3-4,11,15,21H,2,5-10,12-13H2,1H3/t15-/m0/s1. The van der Waals surface area contributed by atoms with Gasteiger partial charge in [0.25, 0.3) is 5.91 Å². The van der Waals surface area contributed by atoms with Gasteiger partial charge in [0.05, 0.1) is 24.9 Å². The van der Waals surface area contributed by atoms with E-state index in [-0.39, 0.29) is 17.8 Å². The summed E-state index contributed by atoms with van der Waals surface area (Å²) in [6, 6.07) is 5.19. The Bertz CT molecular complexity index is 572. The maximum Gasteiger partial charge on any atom is 0.257 e. The van der Waals surface area contributed by atoms with Gasteiger partial charge in [-0.15, -0.1) is 0 Å². The zero-order valence-corrected chi connectivity index (χ0v) is 14.2. The van der Waals surface area contributed by atoms with Crippen LogP contribution in [0.25, 0.3) is 0 Å². The molecule has 2 saturated heterocycles. The number of carbonyl (C=O) groups excluding carboxylic acids is 1. The number of hydrogen-bond acceptors (Lipinski definition) is 5. The Kier molecular flexibility index (Phi) is 5.71. The molecule has 132 valence electrons. The molecule has 2 heterocycles. The molecule has 0 bridgehead atoms. The Morgan fingerprint density at radius 1 is 1.25 bits per heavy atom. The first-order chi connectivity index (χ1) is 11.6. The molecule has 0 aliphatic carbocycles. The van der Waals surface area contributed by atoms with Gasteiger partial charge in [-0.05, 0) is 31.0 Å². The van der Waals surface area contributed by atoms with Crippen LogP contribution in [0.3, 0.4) is 0 Å². The molecule has 6 heteroatoms. The molecule has 0 unspecified atom stereocenters. The van der Waals surface area contributed by atoms with Crippen molar-refractivity contribution < 1.29 is 19.4 Å². The number of phenolic OH excluding ortho intramolecular Hbond substituents is 1. The number of nitrogens with zero attached hydrogens (tertiary/aromatic N) is 2. The average molecular weight is 334 g/mol. The third-order valence-corrected chi connectivity index (χ3v) is 4.59. The van der Waals surface area contributed by atoms with Crippen LogP contribution in [0.2, 0.25) is 0 Å². The minimum absolute atomic E-state index is 0.00198. The Hall–Kier alpha value is -1.63. The van der Waals surface area contributed by atoms with E-state index in [4.69, 9.17) is 9.47 Å². The highest BCUT2D eigenvalue weighted by Gasteiger charge is 2.26. The normalized spacial score (nSPS) is 23.0. The topological polar surface area (TPSA) is 62.2 Å². The van der Waals surface area contributed by atoms with E-state index >= 15 is 0 Å². The van der Waals surface area contributed by atoms with Gasteiger partial charge in [-0.25, -0.2) is 0 Å². The summed E-state index contributed by atoms with van der Waals surface area (Å²) in [5, 5.41) is 10.1. The number of morpholine rings is 1. The zero-order valence-electron chi connectivity index (χ0n) is 14.2. The molecule has 0 radical (unpaired) electrons. The smallest absolute Gasteiger partial charge is 0.257 e. The average Bonchev–Trinajstić information content (AvgIpc) is 2.81. The second-order valence-corrected chi connectivity index (χ2v) is 6.53. The Morgan fingerprint density at radius 3 is 2.79 bits per heavy atom. The highest BCUT2D eigenvalue weighted by atomic mass is 16.5. The van der Waals surface area contributed by atoms with Gasteiger partial charge in [0.15, 0.2) is 0 Å². The van der Waals surface area contributed by atoms with E-state index in [1.807, 2.05) is 17.9 Å². The molecule has 3 rings (SSSR count). The molecule has 6 nitrogen and oxygen atoms in total. The molecule has 2 fully saturated rings. The summed E-state index contributed by atoms with van der Waals surface area (Å²) in [6.45, 7) is 7.92. The van der Waals surface area contributed by atoms with Crippen molar-refractivity contribution in [1.29, 1.82) is 0 Å². The summed E-state index contributed by atoms with van der Waals surface area (Å²) in [5.41, 5.74) is 1.31. The van der Waals surface area contributed by atoms with Gasteiger partial charge < -0.3 is 19.5 Å². The monoisotopic (exact) mass is 334 g/mol. The molecule has 2 aliphatic rings. The molecule has 1 atom stereocenters. The van der Waals surface area contributed by atoms with Gasteiger partial charge in [-0.3, -0.25) is 9.69 Å². The summed E-state index contributed by atoms with van der Waals surface area (Å²) in [6.07, 6.45) is 0.819. The van der Waals surface area contributed by atoms with Crippen molar-refractivity contribution in [2.45, 2.75) is 19.4 Å². The van der Waals surface area contributed by atoms with Gasteiger partial charge in [0.1, 0.15) is 5.75 Å². The van der Waals surface area contributed by atoms with E-state index in [0.29, 0.717) is 25.3 Å². The van der Waals surface area contributed by atoms with Crippen LogP contribution < -0.4 is 0 Å². The maximum atomic E-state index is 12.8. The lowest BCUT2D eigenvalue weighted by atomic mass is 10.1. The van der Waals surface area contributed by atoms with Crippen molar-refractivity contribution in [1.82, 2.24) is 9.80 Å². The number of aryl methyl sites for hydroxylation is 1. The van der Waals surface area contributed by atoms with Crippen molar-refractivity contribution in [3.05, 3.63) is 29.3 Å². The maximum absolute atomic E-state index is 12.8. The van der Waals surface area contributed by atoms with Gasteiger partial charge in [-0.2, -0.15) is 0 Å². The first-order valence-corrected chi connectivity index (χ1v) is 8.64. The molecule has 1 amide bonds. The van der Waals surface area contributed by atoms with Gasteiger partial charge in [0.2, 0.25) is 0 Å². The largest absolute Gasteiger partial charge is 0.507 e. The van der Waals surface area contributed by atoms with E-state index in [0.717, 1.165) is 44.8 Å². The summed E-state index contributed by atoms with van der Waals surface area (Å²) in [4.78, 5) is 16.9. The van der Waals surface area contributed by atoms with Crippen LogP contribution in [0.5, 0.6) is 5.75 Å². The van der Waals surface area contributed by atoms with Crippen LogP contribution in [0.4, 0.5) is 0 Å². The summed E-state index contributed by atoms with van der Waals surface area (Å²) in [5.74, 6) is -0.0696. The lowest BCUT2D eigenvalue weighted by Gasteiger charge is -2.31.